The van der Waals surface area contributed by atoms with Gasteiger partial charge in [0.25, 0.3) is 0 Å². The van der Waals surface area contributed by atoms with Crippen molar-refractivity contribution in [2.45, 2.75) is 19.6 Å². The van der Waals surface area contributed by atoms with Gasteiger partial charge >= 0.3 is 0 Å². The predicted octanol–water partition coefficient (Wildman–Crippen LogP) is 13.8. The van der Waals surface area contributed by atoms with Crippen molar-refractivity contribution in [1.29, 1.82) is 0 Å². The van der Waals surface area contributed by atoms with E-state index in [2.05, 4.69) is 140 Å². The SMILES string of the molecule is c1ccc(-c2nc(-c3ccccc3)nc(-c3cc(-c4cccc(S(c5ccccc5)(c5ccccc5)c5ccccc5)c4)c4c(c3)oc3ccccc34)n2)cc1. The Morgan fingerprint density at radius 1 is 0.321 bits per heavy atom. The number of furan rings is 1. The quantitative estimate of drug-likeness (QED) is 0.156. The lowest BCUT2D eigenvalue weighted by Crippen LogP contribution is -2.05. The second-order valence-corrected chi connectivity index (χ2v) is 16.7. The Balaban J connectivity index is 1.25. The summed E-state index contributed by atoms with van der Waals surface area (Å²) < 4.78 is 6.65. The van der Waals surface area contributed by atoms with Crippen LogP contribution in [0, 0.1) is 0 Å². The second-order valence-electron chi connectivity index (χ2n) is 13.6. The fraction of sp³-hybridized carbons (Fsp3) is 0. The van der Waals surface area contributed by atoms with Gasteiger partial charge in [-0.05, 0) is 77.9 Å². The van der Waals surface area contributed by atoms with E-state index in [1.807, 2.05) is 72.8 Å². The van der Waals surface area contributed by atoms with Crippen molar-refractivity contribution in [1.82, 2.24) is 15.0 Å². The van der Waals surface area contributed by atoms with Gasteiger partial charge in [0.15, 0.2) is 17.5 Å². The van der Waals surface area contributed by atoms with Gasteiger partial charge in [-0.1, -0.05) is 146 Å². The molecule has 0 bridgehead atoms. The van der Waals surface area contributed by atoms with Crippen molar-refractivity contribution in [3.63, 3.8) is 0 Å². The molecule has 0 fully saturated rings. The van der Waals surface area contributed by atoms with Crippen LogP contribution in [0.3, 0.4) is 0 Å². The van der Waals surface area contributed by atoms with Crippen LogP contribution < -0.4 is 0 Å². The van der Waals surface area contributed by atoms with Gasteiger partial charge in [0, 0.05) is 47.0 Å². The summed E-state index contributed by atoms with van der Waals surface area (Å²) in [4.78, 5) is 20.2. The van der Waals surface area contributed by atoms with Crippen LogP contribution in [0.4, 0.5) is 0 Å². The maximum Gasteiger partial charge on any atom is 0.164 e. The molecular formula is C51H35N3OS. The molecule has 0 aliphatic rings. The number of aromatic nitrogens is 3. The molecule has 0 atom stereocenters. The number of benzene rings is 8. The first-order valence-corrected chi connectivity index (χ1v) is 20.3. The molecule has 8 aromatic carbocycles. The van der Waals surface area contributed by atoms with Crippen LogP contribution in [0.5, 0.6) is 0 Å². The highest BCUT2D eigenvalue weighted by Crippen LogP contribution is 2.73. The molecule has 0 saturated heterocycles. The minimum absolute atomic E-state index is 0.579. The normalized spacial score (nSPS) is 11.9. The maximum absolute atomic E-state index is 6.65. The third-order valence-corrected chi connectivity index (χ3v) is 14.1. The van der Waals surface area contributed by atoms with Crippen LogP contribution >= 0.6 is 10.0 Å². The lowest BCUT2D eigenvalue weighted by atomic mass is 9.96. The Labute approximate surface area is 327 Å². The molecule has 2 aromatic heterocycles. The summed E-state index contributed by atoms with van der Waals surface area (Å²) in [5.41, 5.74) is 6.44. The molecule has 0 saturated carbocycles. The minimum Gasteiger partial charge on any atom is -0.456 e. The van der Waals surface area contributed by atoms with Gasteiger partial charge in [0.1, 0.15) is 11.2 Å². The summed E-state index contributed by atoms with van der Waals surface area (Å²) in [5.74, 6) is 1.81. The summed E-state index contributed by atoms with van der Waals surface area (Å²) in [6.07, 6.45) is 0. The molecule has 10 rings (SSSR count). The van der Waals surface area contributed by atoms with Gasteiger partial charge in [0.2, 0.25) is 0 Å². The average Bonchev–Trinajstić information content (AvgIpc) is 3.67. The number of nitrogens with zero attached hydrogens (tertiary/aromatic N) is 3. The standard InChI is InChI=1S/C51H35N3OS/c1-6-19-36(20-7-1)49-52-50(37-21-8-2-9-22-37)54-51(53-49)39-34-45(48-44-31-16-17-32-46(44)55-47(48)35-39)38-23-18-30-43(33-38)56(40-24-10-3-11-25-40,41-26-12-4-13-27-41)42-28-14-5-15-29-42/h1-35H. The van der Waals surface area contributed by atoms with Gasteiger partial charge in [-0.2, -0.15) is 0 Å². The topological polar surface area (TPSA) is 51.8 Å². The van der Waals surface area contributed by atoms with Gasteiger partial charge in [-0.3, -0.25) is 0 Å². The molecule has 0 unspecified atom stereocenters. The van der Waals surface area contributed by atoms with Gasteiger partial charge in [0.05, 0.1) is 0 Å². The van der Waals surface area contributed by atoms with Crippen molar-refractivity contribution in [3.05, 3.63) is 212 Å². The Hall–Kier alpha value is -7.08. The fourth-order valence-electron chi connectivity index (χ4n) is 7.69. The van der Waals surface area contributed by atoms with Crippen molar-refractivity contribution in [2.24, 2.45) is 0 Å². The first-order valence-electron chi connectivity index (χ1n) is 18.7. The van der Waals surface area contributed by atoms with Gasteiger partial charge < -0.3 is 4.42 Å². The van der Waals surface area contributed by atoms with Gasteiger partial charge in [-0.15, -0.1) is 10.0 Å². The molecule has 0 aliphatic heterocycles. The van der Waals surface area contributed by atoms with E-state index in [1.54, 1.807) is 0 Å². The first-order chi connectivity index (χ1) is 27.8. The third kappa shape index (κ3) is 5.86. The minimum atomic E-state index is -1.92. The lowest BCUT2D eigenvalue weighted by molar-refractivity contribution is 0.669. The Morgan fingerprint density at radius 3 is 1.29 bits per heavy atom. The Bertz CT molecular complexity index is 2800. The van der Waals surface area contributed by atoms with Crippen molar-refractivity contribution >= 4 is 32.0 Å². The van der Waals surface area contributed by atoms with E-state index in [4.69, 9.17) is 19.4 Å². The van der Waals surface area contributed by atoms with Crippen molar-refractivity contribution in [3.8, 4) is 45.3 Å². The van der Waals surface area contributed by atoms with Crippen LogP contribution in [0.25, 0.3) is 67.2 Å². The van der Waals surface area contributed by atoms with E-state index in [1.165, 1.54) is 19.6 Å². The van der Waals surface area contributed by atoms with Crippen LogP contribution in [-0.2, 0) is 0 Å². The van der Waals surface area contributed by atoms with Crippen LogP contribution in [-0.4, -0.2) is 15.0 Å². The summed E-state index contributed by atoms with van der Waals surface area (Å²) in [7, 11) is -1.92. The Kier molecular flexibility index (Phi) is 8.55. The highest BCUT2D eigenvalue weighted by Gasteiger charge is 2.33. The van der Waals surface area contributed by atoms with Crippen molar-refractivity contribution < 1.29 is 4.42 Å². The van der Waals surface area contributed by atoms with E-state index >= 15 is 0 Å². The molecular weight excluding hydrogens is 703 g/mol. The van der Waals surface area contributed by atoms with Crippen LogP contribution in [0.15, 0.2) is 236 Å². The molecule has 10 aromatic rings. The largest absolute Gasteiger partial charge is 0.456 e. The van der Waals surface area contributed by atoms with E-state index in [-0.39, 0.29) is 0 Å². The molecule has 0 N–H and O–H groups in total. The highest BCUT2D eigenvalue weighted by atomic mass is 32.3. The number of para-hydroxylation sites is 1. The van der Waals surface area contributed by atoms with E-state index < -0.39 is 10.0 Å². The first kappa shape index (κ1) is 33.5. The zero-order chi connectivity index (χ0) is 37.3. The molecule has 0 spiro atoms. The predicted molar refractivity (Wildman–Crippen MR) is 229 cm³/mol. The number of fused-ring (bicyclic) bond motifs is 3. The zero-order valence-corrected chi connectivity index (χ0v) is 31.2. The third-order valence-electron chi connectivity index (χ3n) is 10.2. The Morgan fingerprint density at radius 2 is 0.750 bits per heavy atom. The van der Waals surface area contributed by atoms with Crippen LogP contribution in [0.1, 0.15) is 0 Å². The monoisotopic (exact) mass is 737 g/mol. The molecule has 0 radical (unpaired) electrons. The molecule has 0 aliphatic carbocycles. The van der Waals surface area contributed by atoms with E-state index in [9.17, 15) is 0 Å². The molecule has 0 amide bonds. The zero-order valence-electron chi connectivity index (χ0n) is 30.4. The smallest absolute Gasteiger partial charge is 0.164 e. The van der Waals surface area contributed by atoms with E-state index in [0.29, 0.717) is 17.5 Å². The molecule has 266 valence electrons. The van der Waals surface area contributed by atoms with Crippen LogP contribution in [0.2, 0.25) is 0 Å². The molecule has 56 heavy (non-hydrogen) atoms. The number of hydrogen-bond donors (Lipinski definition) is 0. The van der Waals surface area contributed by atoms with Gasteiger partial charge in [-0.25, -0.2) is 15.0 Å². The average molecular weight is 738 g/mol. The maximum atomic E-state index is 6.65. The lowest BCUT2D eigenvalue weighted by Gasteiger charge is -2.42. The number of rotatable bonds is 8. The number of hydrogen-bond acceptors (Lipinski definition) is 4. The summed E-state index contributed by atoms with van der Waals surface area (Å²) >= 11 is 0. The fourth-order valence-corrected chi connectivity index (χ4v) is 11.6. The second kappa shape index (κ2) is 14.3. The molecule has 5 heteroatoms. The summed E-state index contributed by atoms with van der Waals surface area (Å²) in [6, 6.07) is 74.7. The summed E-state index contributed by atoms with van der Waals surface area (Å²) in [5, 5.41) is 2.12. The summed E-state index contributed by atoms with van der Waals surface area (Å²) in [6.45, 7) is 0. The van der Waals surface area contributed by atoms with Crippen molar-refractivity contribution in [2.75, 3.05) is 0 Å². The molecule has 2 heterocycles. The van der Waals surface area contributed by atoms with E-state index in [0.717, 1.165) is 49.8 Å². The highest BCUT2D eigenvalue weighted by molar-refractivity contribution is 8.34. The molecule has 4 nitrogen and oxygen atoms in total.